The number of halogens is 2. The molecule has 0 bridgehead atoms. The highest BCUT2D eigenvalue weighted by Crippen LogP contribution is 2.41. The molecule has 0 amide bonds. The third kappa shape index (κ3) is 2.03. The second kappa shape index (κ2) is 5.15. The molecule has 0 saturated heterocycles. The lowest BCUT2D eigenvalue weighted by atomic mass is 9.83. The van der Waals surface area contributed by atoms with E-state index in [-0.39, 0.29) is 28.4 Å². The van der Waals surface area contributed by atoms with Gasteiger partial charge < -0.3 is 0 Å². The quantitative estimate of drug-likeness (QED) is 0.454. The topological polar surface area (TPSA) is 63.6 Å². The van der Waals surface area contributed by atoms with Crippen molar-refractivity contribution in [2.24, 2.45) is 4.99 Å². The molecule has 0 radical (unpaired) electrons. The zero-order valence-electron chi connectivity index (χ0n) is 10.3. The summed E-state index contributed by atoms with van der Waals surface area (Å²) in [6.07, 6.45) is 1.42. The Morgan fingerprint density at radius 3 is 2.05 bits per heavy atom. The lowest BCUT2D eigenvalue weighted by Crippen LogP contribution is -2.21. The molecule has 1 aliphatic carbocycles. The number of fused-ring (bicyclic) bond motifs is 2. The number of isocyanates is 1. The van der Waals surface area contributed by atoms with Crippen molar-refractivity contribution < 1.29 is 14.4 Å². The van der Waals surface area contributed by atoms with Crippen LogP contribution in [0.25, 0.3) is 0 Å². The molecule has 4 nitrogen and oxygen atoms in total. The van der Waals surface area contributed by atoms with Crippen molar-refractivity contribution in [3.8, 4) is 0 Å². The van der Waals surface area contributed by atoms with Crippen LogP contribution in [0, 0.1) is 0 Å². The van der Waals surface area contributed by atoms with Crippen LogP contribution in [0.1, 0.15) is 31.8 Å². The Bertz CT molecular complexity index is 867. The van der Waals surface area contributed by atoms with Crippen LogP contribution in [-0.4, -0.2) is 17.6 Å². The van der Waals surface area contributed by atoms with E-state index in [1.54, 1.807) is 30.3 Å². The number of carbonyl (C=O) groups excluding carboxylic acids is 3. The molecule has 2 aromatic carbocycles. The standard InChI is InChI=1S/C15H5Br2NO3/c16-9-5-10(17)13(18-6-19)12-11(9)14(20)7-3-1-2-4-8(7)15(12)21/h1-5H. The number of carbonyl (C=O) groups is 2. The number of aliphatic imine (C=N–C) groups is 1. The first kappa shape index (κ1) is 14.1. The highest BCUT2D eigenvalue weighted by Gasteiger charge is 2.34. The van der Waals surface area contributed by atoms with E-state index >= 15 is 0 Å². The van der Waals surface area contributed by atoms with E-state index in [0.717, 1.165) is 0 Å². The van der Waals surface area contributed by atoms with Gasteiger partial charge in [-0.3, -0.25) is 9.59 Å². The molecule has 0 atom stereocenters. The zero-order valence-corrected chi connectivity index (χ0v) is 13.5. The summed E-state index contributed by atoms with van der Waals surface area (Å²) in [7, 11) is 0. The molecule has 0 fully saturated rings. The summed E-state index contributed by atoms with van der Waals surface area (Å²) in [4.78, 5) is 39.5. The van der Waals surface area contributed by atoms with Crippen LogP contribution in [0.5, 0.6) is 0 Å². The van der Waals surface area contributed by atoms with Crippen LogP contribution in [0.3, 0.4) is 0 Å². The summed E-state index contributed by atoms with van der Waals surface area (Å²) in [5.74, 6) is -0.613. The monoisotopic (exact) mass is 405 g/mol. The summed E-state index contributed by atoms with van der Waals surface area (Å²) in [6, 6.07) is 8.17. The summed E-state index contributed by atoms with van der Waals surface area (Å²) in [6.45, 7) is 0. The van der Waals surface area contributed by atoms with Gasteiger partial charge in [0.2, 0.25) is 6.08 Å². The van der Waals surface area contributed by atoms with Gasteiger partial charge in [0.05, 0.1) is 11.1 Å². The van der Waals surface area contributed by atoms with E-state index in [9.17, 15) is 14.4 Å². The van der Waals surface area contributed by atoms with Gasteiger partial charge in [-0.25, -0.2) is 4.79 Å². The zero-order chi connectivity index (χ0) is 15.1. The number of ketones is 2. The van der Waals surface area contributed by atoms with Gasteiger partial charge in [0.1, 0.15) is 5.69 Å². The average Bonchev–Trinajstić information content (AvgIpc) is 2.47. The van der Waals surface area contributed by atoms with Crippen LogP contribution in [0.2, 0.25) is 0 Å². The molecule has 0 aliphatic heterocycles. The van der Waals surface area contributed by atoms with E-state index in [0.29, 0.717) is 20.1 Å². The Morgan fingerprint density at radius 1 is 0.905 bits per heavy atom. The van der Waals surface area contributed by atoms with Gasteiger partial charge in [0.15, 0.2) is 11.6 Å². The minimum Gasteiger partial charge on any atom is -0.289 e. The molecular weight excluding hydrogens is 402 g/mol. The Kier molecular flexibility index (Phi) is 3.45. The maximum atomic E-state index is 12.7. The highest BCUT2D eigenvalue weighted by atomic mass is 79.9. The smallest absolute Gasteiger partial charge is 0.240 e. The molecule has 6 heteroatoms. The normalized spacial score (nSPS) is 12.5. The second-order valence-corrected chi connectivity index (χ2v) is 6.05. The van der Waals surface area contributed by atoms with Crippen LogP contribution < -0.4 is 0 Å². The van der Waals surface area contributed by atoms with E-state index in [4.69, 9.17) is 0 Å². The van der Waals surface area contributed by atoms with Crippen molar-refractivity contribution in [3.05, 3.63) is 61.5 Å². The van der Waals surface area contributed by atoms with Gasteiger partial charge in [-0.2, -0.15) is 4.99 Å². The Hall–Kier alpha value is -1.88. The van der Waals surface area contributed by atoms with Crippen LogP contribution in [0.4, 0.5) is 5.69 Å². The van der Waals surface area contributed by atoms with Crippen molar-refractivity contribution in [2.75, 3.05) is 0 Å². The van der Waals surface area contributed by atoms with Crippen molar-refractivity contribution in [3.63, 3.8) is 0 Å². The SMILES string of the molecule is O=C=Nc1c(Br)cc(Br)c2c1C(=O)c1ccccc1C2=O. The van der Waals surface area contributed by atoms with Crippen LogP contribution >= 0.6 is 31.9 Å². The van der Waals surface area contributed by atoms with E-state index in [2.05, 4.69) is 36.9 Å². The maximum Gasteiger partial charge on any atom is 0.240 e. The summed E-state index contributed by atoms with van der Waals surface area (Å²) in [5, 5.41) is 0. The van der Waals surface area contributed by atoms with Gasteiger partial charge in [0, 0.05) is 20.1 Å². The number of nitrogens with zero attached hydrogens (tertiary/aromatic N) is 1. The summed E-state index contributed by atoms with van der Waals surface area (Å²) in [5.41, 5.74) is 1.11. The molecule has 0 heterocycles. The van der Waals surface area contributed by atoms with Crippen molar-refractivity contribution >= 4 is 55.2 Å². The van der Waals surface area contributed by atoms with Crippen molar-refractivity contribution in [1.82, 2.24) is 0 Å². The first-order valence-corrected chi connectivity index (χ1v) is 7.43. The minimum absolute atomic E-state index is 0.114. The molecule has 2 aromatic rings. The van der Waals surface area contributed by atoms with E-state index < -0.39 is 0 Å². The number of benzene rings is 2. The molecule has 102 valence electrons. The molecule has 0 spiro atoms. The van der Waals surface area contributed by atoms with E-state index in [1.165, 1.54) is 6.08 Å². The number of rotatable bonds is 1. The van der Waals surface area contributed by atoms with Gasteiger partial charge in [0.25, 0.3) is 0 Å². The van der Waals surface area contributed by atoms with E-state index in [1.807, 2.05) is 0 Å². The number of hydrogen-bond acceptors (Lipinski definition) is 4. The first-order valence-electron chi connectivity index (χ1n) is 5.84. The van der Waals surface area contributed by atoms with Crippen LogP contribution in [-0.2, 0) is 4.79 Å². The average molecular weight is 407 g/mol. The predicted molar refractivity (Wildman–Crippen MR) is 82.9 cm³/mol. The van der Waals surface area contributed by atoms with Crippen molar-refractivity contribution in [2.45, 2.75) is 0 Å². The highest BCUT2D eigenvalue weighted by molar-refractivity contribution is 9.11. The molecule has 0 N–H and O–H groups in total. The summed E-state index contributed by atoms with van der Waals surface area (Å²) >= 11 is 6.54. The van der Waals surface area contributed by atoms with Gasteiger partial charge in [-0.05, 0) is 37.9 Å². The fraction of sp³-hybridized carbons (Fsp3) is 0. The fourth-order valence-electron chi connectivity index (χ4n) is 2.36. The Labute approximate surface area is 136 Å². The fourth-order valence-corrected chi connectivity index (χ4v) is 3.79. The molecule has 0 unspecified atom stereocenters. The third-order valence-corrected chi connectivity index (χ3v) is 4.46. The predicted octanol–water partition coefficient (Wildman–Crippen LogP) is 3.95. The number of hydrogen-bond donors (Lipinski definition) is 0. The Morgan fingerprint density at radius 2 is 1.48 bits per heavy atom. The maximum absolute atomic E-state index is 12.7. The van der Waals surface area contributed by atoms with Crippen LogP contribution in [0.15, 0.2) is 44.3 Å². The van der Waals surface area contributed by atoms with Crippen molar-refractivity contribution in [1.29, 1.82) is 0 Å². The molecule has 1 aliphatic rings. The summed E-state index contributed by atoms with van der Waals surface area (Å²) < 4.78 is 0.916. The molecule has 3 rings (SSSR count). The second-order valence-electron chi connectivity index (χ2n) is 4.35. The van der Waals surface area contributed by atoms with Gasteiger partial charge in [-0.1, -0.05) is 24.3 Å². The molecule has 21 heavy (non-hydrogen) atoms. The third-order valence-electron chi connectivity index (χ3n) is 3.23. The lowest BCUT2D eigenvalue weighted by molar-refractivity contribution is 0.0979. The van der Waals surface area contributed by atoms with Gasteiger partial charge >= 0.3 is 0 Å². The largest absolute Gasteiger partial charge is 0.289 e. The van der Waals surface area contributed by atoms with Gasteiger partial charge in [-0.15, -0.1) is 0 Å². The molecule has 0 saturated carbocycles. The minimum atomic E-state index is -0.337. The first-order chi connectivity index (χ1) is 10.1. The lowest BCUT2D eigenvalue weighted by Gasteiger charge is -2.20. The molecule has 0 aromatic heterocycles. The Balaban J connectivity index is 2.45. The molecular formula is C15H5Br2NO3.